The molecule has 0 aromatic heterocycles. The van der Waals surface area contributed by atoms with Gasteiger partial charge in [0.2, 0.25) is 0 Å². The molecule has 0 saturated carbocycles. The Morgan fingerprint density at radius 1 is 0.590 bits per heavy atom. The third-order valence-corrected chi connectivity index (χ3v) is 6.40. The minimum atomic E-state index is 0. The van der Waals surface area contributed by atoms with Gasteiger partial charge < -0.3 is 0 Å². The SMILES string of the molecule is CCO[C](=[W])/C([Se])=C(/[Se])c1ccccc1.[C-]#[O+].[C-]#[O+].[C-]#[O+].[C-]#[O+].[C-]#[O+].[C-]#[O+].[C-]#[O+].[C-]#[O+].[C-]#[O+].[C-]#[O+].[C-]#[O+].[Fe].[Fe]. The molecule has 0 unspecified atom stereocenters. The summed E-state index contributed by atoms with van der Waals surface area (Å²) in [6.45, 7) is 52.2. The zero-order chi connectivity index (χ0) is 33.3. The fourth-order valence-corrected chi connectivity index (χ4v) is 3.23. The first kappa shape index (κ1) is 83.2. The number of hydrogen-bond acceptors (Lipinski definition) is 1. The van der Waals surface area contributed by atoms with Crippen LogP contribution >= 0.6 is 0 Å². The summed E-state index contributed by atoms with van der Waals surface area (Å²) in [7, 11) is 0. The van der Waals surface area contributed by atoms with Gasteiger partial charge in [0, 0.05) is 34.1 Å². The molecule has 17 heteroatoms. The van der Waals surface area contributed by atoms with Gasteiger partial charge in [-0.25, -0.2) is 0 Å². The van der Waals surface area contributed by atoms with E-state index in [1.807, 2.05) is 25.1 Å². The molecule has 2 radical (unpaired) electrons. The molecule has 0 amide bonds. The van der Waals surface area contributed by atoms with Gasteiger partial charge in [-0.3, -0.25) is 0 Å². The molecule has 0 atom stereocenters. The molecule has 1 rings (SSSR count). The molecule has 0 fully saturated rings. The minimum absolute atomic E-state index is 0. The zero-order valence-electron chi connectivity index (χ0n) is 18.9. The summed E-state index contributed by atoms with van der Waals surface area (Å²) in [4.78, 5) is 0. The molecule has 39 heavy (non-hydrogen) atoms. The first-order chi connectivity index (χ1) is 18.2. The van der Waals surface area contributed by atoms with E-state index in [1.165, 1.54) is 24.9 Å². The molecule has 0 aliphatic carbocycles. The van der Waals surface area contributed by atoms with Crippen molar-refractivity contribution in [2.24, 2.45) is 0 Å². The Hall–Kier alpha value is -1.30. The predicted octanol–water partition coefficient (Wildman–Crippen LogP) is 0.988. The van der Waals surface area contributed by atoms with E-state index in [0.717, 1.165) is 13.0 Å². The van der Waals surface area contributed by atoms with Gasteiger partial charge in [-0.2, -0.15) is 0 Å². The van der Waals surface area contributed by atoms with E-state index in [4.69, 9.17) is 55.9 Å². The molecule has 0 aliphatic rings. The van der Waals surface area contributed by atoms with Gasteiger partial charge in [0.05, 0.1) is 0 Å². The molecule has 12 nitrogen and oxygen atoms in total. The van der Waals surface area contributed by atoms with Crippen LogP contribution in [0.1, 0.15) is 12.5 Å². The van der Waals surface area contributed by atoms with Gasteiger partial charge in [0.1, 0.15) is 0 Å². The van der Waals surface area contributed by atoms with Crippen molar-refractivity contribution < 1.29 is 109 Å². The van der Waals surface area contributed by atoms with E-state index in [0.29, 0.717) is 6.61 Å². The Balaban J connectivity index is -0.0000000218. The van der Waals surface area contributed by atoms with Crippen LogP contribution in [0, 0.1) is 73.2 Å². The van der Waals surface area contributed by atoms with E-state index in [2.05, 4.69) is 117 Å². The second-order valence-corrected chi connectivity index (χ2v) is 5.79. The summed E-state index contributed by atoms with van der Waals surface area (Å²) >= 11 is 7.50. The number of benzene rings is 1. The molecule has 0 heterocycles. The maximum atomic E-state index is 7.50. The fourth-order valence-electron chi connectivity index (χ4n) is 1.01. The average molecular weight is 920 g/mol. The van der Waals surface area contributed by atoms with Crippen molar-refractivity contribution in [1.82, 2.24) is 0 Å². The summed E-state index contributed by atoms with van der Waals surface area (Å²) in [5, 5.41) is 0. The third-order valence-electron chi connectivity index (χ3n) is 1.70. The van der Waals surface area contributed by atoms with Gasteiger partial charge in [0.15, 0.2) is 0 Å². The van der Waals surface area contributed by atoms with Crippen LogP contribution in [0.2, 0.25) is 0 Å². The Morgan fingerprint density at radius 3 is 1.03 bits per heavy atom. The molecule has 0 N–H and O–H groups in total. The summed E-state index contributed by atoms with van der Waals surface area (Å²) in [5.41, 5.74) is 1.18. The number of rotatable bonds is 4. The van der Waals surface area contributed by atoms with Gasteiger partial charge in [-0.15, -0.1) is 0 Å². The summed E-state index contributed by atoms with van der Waals surface area (Å²) in [6, 6.07) is 10.2. The molecule has 0 saturated heterocycles. The van der Waals surface area contributed by atoms with Crippen LogP contribution in [0.25, 0.3) is 4.47 Å². The Bertz CT molecular complexity index is 723. The van der Waals surface area contributed by atoms with Crippen molar-refractivity contribution in [3.05, 3.63) is 114 Å². The van der Waals surface area contributed by atoms with Crippen LogP contribution in [0.4, 0.5) is 0 Å². The molecule has 204 valence electrons. The molecule has 1 aromatic carbocycles. The van der Waals surface area contributed by atoms with Crippen molar-refractivity contribution >= 4 is 40.6 Å². The van der Waals surface area contributed by atoms with Gasteiger partial charge in [0.25, 0.3) is 0 Å². The topological polar surface area (TPSA) is 228 Å². The van der Waals surface area contributed by atoms with Crippen molar-refractivity contribution in [3.63, 3.8) is 0 Å². The first-order valence-corrected chi connectivity index (χ1v) is 9.90. The summed E-state index contributed by atoms with van der Waals surface area (Å²) in [5.74, 6) is 0. The summed E-state index contributed by atoms with van der Waals surface area (Å²) in [6.07, 6.45) is 0. The zero-order valence-corrected chi connectivity index (χ0v) is 27.5. The maximum absolute atomic E-state index is 7.50. The monoisotopic (exact) mass is 922 g/mol. The normalized spacial score (nSPS) is 5.21. The third kappa shape index (κ3) is 93.8. The molecule has 0 aliphatic heterocycles. The maximum Gasteiger partial charge on any atom is 0 e. The Morgan fingerprint density at radius 2 is 0.821 bits per heavy atom. The quantitative estimate of drug-likeness (QED) is 0.240. The van der Waals surface area contributed by atoms with E-state index in [-0.39, 0.29) is 34.1 Å². The van der Waals surface area contributed by atoms with Crippen LogP contribution < -0.4 is 0 Å². The van der Waals surface area contributed by atoms with E-state index in [9.17, 15) is 0 Å². The number of ether oxygens (including phenoxy) is 1. The van der Waals surface area contributed by atoms with Crippen LogP contribution in [0.5, 0.6) is 0 Å². The standard InChI is InChI=1S/C11H10OSe2.11CO.2Fe.W/c1-2-12-8-10(13)11(14)9-6-4-3-5-7-9;11*1-2;;;/h3-7H,2H2,1H3;;;;;;;;;;;;;;/b11-10-;;;;;;;;;;;;;;. The van der Waals surface area contributed by atoms with Crippen molar-refractivity contribution in [1.29, 1.82) is 0 Å². The van der Waals surface area contributed by atoms with Crippen LogP contribution in [0.3, 0.4) is 0 Å². The fraction of sp³-hybridized carbons (Fsp3) is 0.0909. The summed E-state index contributed by atoms with van der Waals surface area (Å²) < 4.78 is 91.2. The second kappa shape index (κ2) is 149. The van der Waals surface area contributed by atoms with Crippen molar-refractivity contribution in [2.45, 2.75) is 6.92 Å². The van der Waals surface area contributed by atoms with Gasteiger partial charge in [-0.05, 0) is 0 Å². The van der Waals surface area contributed by atoms with Crippen LogP contribution in [-0.2, 0) is 109 Å². The molecular weight excluding hydrogens is 910 g/mol. The minimum Gasteiger partial charge on any atom is 0 e. The average Bonchev–Trinajstić information content (AvgIpc) is 3.07. The van der Waals surface area contributed by atoms with E-state index >= 15 is 0 Å². The van der Waals surface area contributed by atoms with Crippen molar-refractivity contribution in [2.75, 3.05) is 6.61 Å². The van der Waals surface area contributed by atoms with Crippen molar-refractivity contribution in [3.8, 4) is 0 Å². The largest absolute Gasteiger partial charge is 0 e. The van der Waals surface area contributed by atoms with Crippen LogP contribution in [-0.4, -0.2) is 42.7 Å². The van der Waals surface area contributed by atoms with E-state index in [1.54, 1.807) is 0 Å². The van der Waals surface area contributed by atoms with Gasteiger partial charge in [-0.1, -0.05) is 0 Å². The number of hydrogen-bond donors (Lipinski definition) is 0. The Labute approximate surface area is 275 Å². The molecular formula is C22H10Fe2O12Se2W. The van der Waals surface area contributed by atoms with E-state index < -0.39 is 0 Å². The first-order valence-electron chi connectivity index (χ1n) is 6.72. The smallest absolute Gasteiger partial charge is 0 e. The Kier molecular flexibility index (Phi) is 319. The second-order valence-electron chi connectivity index (χ2n) is 2.74. The molecule has 1 aromatic rings. The van der Waals surface area contributed by atoms with Crippen LogP contribution in [0.15, 0.2) is 34.8 Å². The molecule has 0 bridgehead atoms. The predicted molar refractivity (Wildman–Crippen MR) is 105 cm³/mol. The molecule has 0 spiro atoms. The van der Waals surface area contributed by atoms with Gasteiger partial charge >= 0.3 is 243 Å².